The number of ether oxygens (including phenoxy) is 1. The van der Waals surface area contributed by atoms with Crippen molar-refractivity contribution in [3.05, 3.63) is 101 Å². The molecule has 1 fully saturated rings. The SMILES string of the molecule is CC(C)(Oc1ccc(C#N)cc1)C(=O)O.N#CC1(C(=O)O)CC1.N#Cc1ccc(C(=O)O)cc1.N#Cc1cccc(C(=O)O)c1. The van der Waals surface area contributed by atoms with Gasteiger partial charge >= 0.3 is 23.9 Å². The summed E-state index contributed by atoms with van der Waals surface area (Å²) < 4.78 is 5.25. The highest BCUT2D eigenvalue weighted by Gasteiger charge is 2.51. The van der Waals surface area contributed by atoms with Crippen LogP contribution in [0, 0.1) is 50.7 Å². The molecule has 3 aromatic carbocycles. The fraction of sp³-hybridized carbons (Fsp3) is 0.188. The summed E-state index contributed by atoms with van der Waals surface area (Å²) in [6.45, 7) is 2.93. The number of nitrogens with zero attached hydrogens (tertiary/aromatic N) is 4. The van der Waals surface area contributed by atoms with Crippen LogP contribution < -0.4 is 4.74 Å². The number of hydrogen-bond donors (Lipinski definition) is 4. The molecule has 0 saturated heterocycles. The molecule has 0 bridgehead atoms. The molecule has 1 saturated carbocycles. The van der Waals surface area contributed by atoms with Crippen molar-refractivity contribution >= 4 is 23.9 Å². The molecule has 0 spiro atoms. The Morgan fingerprint density at radius 3 is 1.49 bits per heavy atom. The highest BCUT2D eigenvalue weighted by atomic mass is 16.5. The molecule has 0 unspecified atom stereocenters. The summed E-state index contributed by atoms with van der Waals surface area (Å²) in [6.07, 6.45) is 1.05. The van der Waals surface area contributed by atoms with Crippen molar-refractivity contribution < 1.29 is 44.3 Å². The molecule has 0 aromatic heterocycles. The summed E-state index contributed by atoms with van der Waals surface area (Å²) in [5.41, 5.74) is -0.572. The van der Waals surface area contributed by atoms with Crippen molar-refractivity contribution in [1.82, 2.24) is 0 Å². The van der Waals surface area contributed by atoms with Crippen LogP contribution in [0.25, 0.3) is 0 Å². The second-order valence-corrected chi connectivity index (χ2v) is 9.54. The molecule has 4 N–H and O–H groups in total. The fourth-order valence-electron chi connectivity index (χ4n) is 2.84. The summed E-state index contributed by atoms with van der Waals surface area (Å²) in [5, 5.41) is 67.6. The Bertz CT molecular complexity index is 1700. The highest BCUT2D eigenvalue weighted by molar-refractivity contribution is 5.88. The number of rotatable bonds is 6. The lowest BCUT2D eigenvalue weighted by atomic mass is 10.1. The molecule has 0 radical (unpaired) electrons. The van der Waals surface area contributed by atoms with Crippen LogP contribution in [0.2, 0.25) is 0 Å². The summed E-state index contributed by atoms with van der Waals surface area (Å²) >= 11 is 0. The quantitative estimate of drug-likeness (QED) is 0.296. The Morgan fingerprint density at radius 2 is 1.16 bits per heavy atom. The lowest BCUT2D eigenvalue weighted by Crippen LogP contribution is -2.37. The number of nitriles is 4. The zero-order valence-corrected chi connectivity index (χ0v) is 24.0. The van der Waals surface area contributed by atoms with Gasteiger partial charge < -0.3 is 25.2 Å². The van der Waals surface area contributed by atoms with Gasteiger partial charge in [-0.3, -0.25) is 4.79 Å². The van der Waals surface area contributed by atoms with Crippen LogP contribution >= 0.6 is 0 Å². The molecule has 13 nitrogen and oxygen atoms in total. The average Bonchev–Trinajstić information content (AvgIpc) is 3.84. The van der Waals surface area contributed by atoms with Crippen LogP contribution in [0.15, 0.2) is 72.8 Å². The minimum absolute atomic E-state index is 0.143. The van der Waals surface area contributed by atoms with Crippen LogP contribution in [0.1, 0.15) is 64.1 Å². The molecule has 0 aliphatic heterocycles. The van der Waals surface area contributed by atoms with Gasteiger partial charge in [-0.15, -0.1) is 0 Å². The van der Waals surface area contributed by atoms with Gasteiger partial charge in [-0.25, -0.2) is 14.4 Å². The number of carboxylic acid groups (broad SMARTS) is 4. The van der Waals surface area contributed by atoms with Gasteiger partial charge in [0, 0.05) is 0 Å². The van der Waals surface area contributed by atoms with E-state index in [9.17, 15) is 19.2 Å². The monoisotopic (exact) mass is 610 g/mol. The van der Waals surface area contributed by atoms with E-state index in [1.165, 1.54) is 50.2 Å². The van der Waals surface area contributed by atoms with Gasteiger partial charge in [0.05, 0.1) is 52.1 Å². The summed E-state index contributed by atoms with van der Waals surface area (Å²) in [4.78, 5) is 41.5. The number of hydrogen-bond acceptors (Lipinski definition) is 9. The largest absolute Gasteiger partial charge is 0.480 e. The maximum Gasteiger partial charge on any atom is 0.347 e. The minimum atomic E-state index is -1.27. The number of carboxylic acids is 4. The third-order valence-corrected chi connectivity index (χ3v) is 5.74. The standard InChI is InChI=1S/C11H11NO3.2C8H5NO2.C5H5NO2/c1-11(2,10(13)14)15-9-5-3-8(7-12)4-6-9;9-5-6-1-3-7(4-2-6)8(10)11;9-5-6-2-1-3-7(4-6)8(10)11;6-3-5(1-2-5)4(7)8/h3-6H,1-2H3,(H,13,14);2*1-4H,(H,10,11);1-2H2,(H,7,8). The first-order valence-electron chi connectivity index (χ1n) is 12.7. The van der Waals surface area contributed by atoms with Gasteiger partial charge in [0.15, 0.2) is 11.0 Å². The van der Waals surface area contributed by atoms with E-state index in [1.54, 1.807) is 42.5 Å². The zero-order valence-electron chi connectivity index (χ0n) is 24.0. The van der Waals surface area contributed by atoms with E-state index in [2.05, 4.69) is 0 Å². The summed E-state index contributed by atoms with van der Waals surface area (Å²) in [7, 11) is 0. The van der Waals surface area contributed by atoms with Crippen molar-refractivity contribution in [2.24, 2.45) is 5.41 Å². The normalized spacial score (nSPS) is 11.5. The second-order valence-electron chi connectivity index (χ2n) is 9.54. The van der Waals surface area contributed by atoms with Crippen LogP contribution in [0.4, 0.5) is 0 Å². The first kappa shape index (κ1) is 36.3. The van der Waals surface area contributed by atoms with E-state index < -0.39 is 34.9 Å². The molecule has 13 heteroatoms. The number of aliphatic carboxylic acids is 2. The third-order valence-electron chi connectivity index (χ3n) is 5.74. The van der Waals surface area contributed by atoms with Crippen LogP contribution in [-0.2, 0) is 9.59 Å². The molecule has 1 aliphatic rings. The molecule has 1 aliphatic carbocycles. The van der Waals surface area contributed by atoms with Crippen LogP contribution in [0.3, 0.4) is 0 Å². The zero-order chi connectivity index (χ0) is 34.2. The Balaban J connectivity index is 0.000000307. The number of aromatic carboxylic acids is 2. The number of benzene rings is 3. The van der Waals surface area contributed by atoms with Crippen molar-refractivity contribution in [3.63, 3.8) is 0 Å². The lowest BCUT2D eigenvalue weighted by Gasteiger charge is -2.21. The Morgan fingerprint density at radius 1 is 0.689 bits per heavy atom. The van der Waals surface area contributed by atoms with Crippen molar-refractivity contribution in [2.45, 2.75) is 32.3 Å². The molecular weight excluding hydrogens is 584 g/mol. The van der Waals surface area contributed by atoms with E-state index in [0.29, 0.717) is 35.3 Å². The van der Waals surface area contributed by atoms with E-state index in [-0.39, 0.29) is 11.1 Å². The lowest BCUT2D eigenvalue weighted by molar-refractivity contribution is -0.152. The molecule has 228 valence electrons. The first-order chi connectivity index (χ1) is 21.1. The molecule has 3 aromatic rings. The van der Waals surface area contributed by atoms with E-state index in [1.807, 2.05) is 18.2 Å². The van der Waals surface area contributed by atoms with Gasteiger partial charge in [0.25, 0.3) is 0 Å². The smallest absolute Gasteiger partial charge is 0.347 e. The van der Waals surface area contributed by atoms with E-state index >= 15 is 0 Å². The van der Waals surface area contributed by atoms with Gasteiger partial charge in [-0.2, -0.15) is 21.0 Å². The Kier molecular flexibility index (Phi) is 13.5. The maximum atomic E-state index is 10.8. The van der Waals surface area contributed by atoms with E-state index in [4.69, 9.17) is 46.2 Å². The van der Waals surface area contributed by atoms with Gasteiger partial charge in [-0.1, -0.05) is 6.07 Å². The Labute approximate surface area is 257 Å². The second kappa shape index (κ2) is 16.7. The van der Waals surface area contributed by atoms with Gasteiger partial charge in [0.1, 0.15) is 5.75 Å². The molecular formula is C32H26N4O9. The van der Waals surface area contributed by atoms with E-state index in [0.717, 1.165) is 0 Å². The summed E-state index contributed by atoms with van der Waals surface area (Å²) in [5.74, 6) is -3.56. The van der Waals surface area contributed by atoms with Crippen molar-refractivity contribution in [1.29, 1.82) is 21.0 Å². The first-order valence-corrected chi connectivity index (χ1v) is 12.7. The van der Waals surface area contributed by atoms with Crippen molar-refractivity contribution in [2.75, 3.05) is 0 Å². The van der Waals surface area contributed by atoms with Crippen LogP contribution in [-0.4, -0.2) is 49.9 Å². The molecule has 45 heavy (non-hydrogen) atoms. The molecule has 0 atom stereocenters. The third kappa shape index (κ3) is 12.0. The molecule has 0 heterocycles. The average molecular weight is 611 g/mol. The summed E-state index contributed by atoms with van der Waals surface area (Å²) in [6, 6.07) is 25.4. The van der Waals surface area contributed by atoms with Gasteiger partial charge in [-0.05, 0) is 93.4 Å². The maximum absolute atomic E-state index is 10.8. The van der Waals surface area contributed by atoms with Crippen LogP contribution in [0.5, 0.6) is 5.75 Å². The number of carbonyl (C=O) groups is 4. The van der Waals surface area contributed by atoms with Crippen molar-refractivity contribution in [3.8, 4) is 30.0 Å². The highest BCUT2D eigenvalue weighted by Crippen LogP contribution is 2.44. The predicted octanol–water partition coefficient (Wildman–Crippen LogP) is 4.69. The fourth-order valence-corrected chi connectivity index (χ4v) is 2.84. The molecule has 4 rings (SSSR count). The topological polar surface area (TPSA) is 254 Å². The van der Waals surface area contributed by atoms with Gasteiger partial charge in [0.2, 0.25) is 0 Å². The Hall–Kier alpha value is -6.70. The molecule has 0 amide bonds. The predicted molar refractivity (Wildman–Crippen MR) is 155 cm³/mol. The minimum Gasteiger partial charge on any atom is -0.480 e.